The van der Waals surface area contributed by atoms with E-state index in [1.54, 1.807) is 32.1 Å². The predicted octanol–water partition coefficient (Wildman–Crippen LogP) is 4.53. The molecule has 0 aliphatic rings. The van der Waals surface area contributed by atoms with Gasteiger partial charge in [0.1, 0.15) is 16.6 Å². The minimum absolute atomic E-state index is 0.180. The Hall–Kier alpha value is -1.36. The van der Waals surface area contributed by atoms with Gasteiger partial charge >= 0.3 is 0 Å². The van der Waals surface area contributed by atoms with Gasteiger partial charge in [-0.05, 0) is 19.1 Å². The second-order valence-corrected chi connectivity index (χ2v) is 5.45. The topological polar surface area (TPSA) is 50.9 Å². The molecule has 0 amide bonds. The maximum Gasteiger partial charge on any atom is 0.164 e. The third-order valence-corrected chi connectivity index (χ3v) is 3.30. The van der Waals surface area contributed by atoms with Crippen LogP contribution in [-0.2, 0) is 0 Å². The molecular formula is C14H16Cl3N3O. The summed E-state index contributed by atoms with van der Waals surface area (Å²) in [5.41, 5.74) is 6.08. The molecule has 0 heterocycles. The highest BCUT2D eigenvalue weighted by Gasteiger charge is 2.15. The number of anilines is 1. The zero-order valence-electron chi connectivity index (χ0n) is 12.0. The van der Waals surface area contributed by atoms with E-state index in [1.165, 1.54) is 12.1 Å². The number of halogens is 3. The largest absolute Gasteiger partial charge is 0.453 e. The zero-order valence-corrected chi connectivity index (χ0v) is 14.2. The molecule has 0 unspecified atom stereocenters. The summed E-state index contributed by atoms with van der Waals surface area (Å²) in [5, 5.41) is 0.800. The highest BCUT2D eigenvalue weighted by molar-refractivity contribution is 6.37. The predicted molar refractivity (Wildman–Crippen MR) is 91.4 cm³/mol. The molecule has 2 N–H and O–H groups in total. The van der Waals surface area contributed by atoms with Gasteiger partial charge in [-0.1, -0.05) is 41.4 Å². The Bertz CT molecular complexity index is 586. The molecule has 1 rings (SSSR count). The highest BCUT2D eigenvalue weighted by Crippen LogP contribution is 2.37. The Morgan fingerprint density at radius 2 is 1.86 bits per heavy atom. The van der Waals surface area contributed by atoms with Gasteiger partial charge < -0.3 is 15.4 Å². The Balaban J connectivity index is 3.14. The molecule has 0 atom stereocenters. The molecule has 0 saturated heterocycles. The molecule has 7 heteroatoms. The van der Waals surface area contributed by atoms with Gasteiger partial charge in [0.15, 0.2) is 5.75 Å². The number of benzene rings is 1. The van der Waals surface area contributed by atoms with Crippen LogP contribution in [0, 0.1) is 0 Å². The van der Waals surface area contributed by atoms with Crippen LogP contribution in [0.5, 0.6) is 5.75 Å². The van der Waals surface area contributed by atoms with Crippen molar-refractivity contribution in [1.82, 2.24) is 4.90 Å². The normalized spacial score (nSPS) is 12.3. The first-order valence-electron chi connectivity index (χ1n) is 5.95. The average Bonchev–Trinajstić information content (AvgIpc) is 2.38. The summed E-state index contributed by atoms with van der Waals surface area (Å²) < 4.78 is 5.57. The number of rotatable bonds is 5. The van der Waals surface area contributed by atoms with Crippen LogP contribution in [0.4, 0.5) is 5.69 Å². The second kappa shape index (κ2) is 7.59. The number of ether oxygens (including phenoxy) is 1. The summed E-state index contributed by atoms with van der Waals surface area (Å²) in [6.45, 7) is 5.56. The standard InChI is InChI=1S/C14H16Cl3N3O/c1-5-19-14(20(3)4)12(17)8(2)21-13-10(15)6-9(18)7-11(13)16/h5-7H,2,18H2,1,3-4H3/b14-12-,19-5?. The van der Waals surface area contributed by atoms with E-state index in [2.05, 4.69) is 11.6 Å². The molecule has 0 aliphatic carbocycles. The molecule has 0 aromatic heterocycles. The van der Waals surface area contributed by atoms with Gasteiger partial charge in [0.05, 0.1) is 10.0 Å². The van der Waals surface area contributed by atoms with Gasteiger partial charge in [-0.25, -0.2) is 4.99 Å². The number of nitrogens with zero attached hydrogens (tertiary/aromatic N) is 2. The molecule has 0 fully saturated rings. The summed E-state index contributed by atoms with van der Waals surface area (Å²) in [6, 6.07) is 3.06. The van der Waals surface area contributed by atoms with E-state index in [1.807, 2.05) is 0 Å². The van der Waals surface area contributed by atoms with Crippen LogP contribution in [0.1, 0.15) is 6.92 Å². The third-order valence-electron chi connectivity index (χ3n) is 2.36. The number of nitrogen functional groups attached to an aromatic ring is 1. The molecule has 0 bridgehead atoms. The summed E-state index contributed by atoms with van der Waals surface area (Å²) >= 11 is 18.4. The maximum atomic E-state index is 6.25. The third kappa shape index (κ3) is 4.56. The summed E-state index contributed by atoms with van der Waals surface area (Å²) in [7, 11) is 3.61. The number of nitrogens with two attached hydrogens (primary N) is 1. The van der Waals surface area contributed by atoms with Crippen molar-refractivity contribution in [3.63, 3.8) is 0 Å². The number of hydrogen-bond acceptors (Lipinski definition) is 4. The number of allylic oxidation sites excluding steroid dienone is 1. The van der Waals surface area contributed by atoms with E-state index >= 15 is 0 Å². The van der Waals surface area contributed by atoms with E-state index in [-0.39, 0.29) is 26.6 Å². The monoisotopic (exact) mass is 347 g/mol. The highest BCUT2D eigenvalue weighted by atomic mass is 35.5. The van der Waals surface area contributed by atoms with Crippen molar-refractivity contribution in [2.24, 2.45) is 4.99 Å². The van der Waals surface area contributed by atoms with Gasteiger partial charge in [0, 0.05) is 26.0 Å². The second-order valence-electron chi connectivity index (χ2n) is 4.26. The molecule has 1 aromatic carbocycles. The average molecular weight is 349 g/mol. The lowest BCUT2D eigenvalue weighted by Gasteiger charge is -2.17. The minimum atomic E-state index is 0.180. The Labute approximate surface area is 139 Å². The Kier molecular flexibility index (Phi) is 6.40. The van der Waals surface area contributed by atoms with Crippen molar-refractivity contribution >= 4 is 46.7 Å². The molecule has 0 aliphatic heterocycles. The van der Waals surface area contributed by atoms with Crippen LogP contribution in [0.2, 0.25) is 10.0 Å². The van der Waals surface area contributed by atoms with Crippen LogP contribution in [-0.4, -0.2) is 25.2 Å². The van der Waals surface area contributed by atoms with E-state index < -0.39 is 0 Å². The molecule has 4 nitrogen and oxygen atoms in total. The van der Waals surface area contributed by atoms with Gasteiger partial charge in [0.25, 0.3) is 0 Å². The SMILES string of the molecule is C=C(Oc1c(Cl)cc(N)cc1Cl)/C(Cl)=C(\N=CC)N(C)C. The van der Waals surface area contributed by atoms with E-state index in [0.717, 1.165) is 0 Å². The molecule has 0 radical (unpaired) electrons. The van der Waals surface area contributed by atoms with E-state index in [4.69, 9.17) is 45.3 Å². The van der Waals surface area contributed by atoms with Crippen molar-refractivity contribution in [3.05, 3.63) is 45.4 Å². The van der Waals surface area contributed by atoms with Crippen molar-refractivity contribution in [2.45, 2.75) is 6.92 Å². The van der Waals surface area contributed by atoms with E-state index in [0.29, 0.717) is 11.5 Å². The van der Waals surface area contributed by atoms with Crippen LogP contribution in [0.3, 0.4) is 0 Å². The molecule has 0 saturated carbocycles. The first kappa shape index (κ1) is 17.7. The Morgan fingerprint density at radius 1 is 1.33 bits per heavy atom. The maximum absolute atomic E-state index is 6.25. The van der Waals surface area contributed by atoms with Crippen LogP contribution < -0.4 is 10.5 Å². The van der Waals surface area contributed by atoms with E-state index in [9.17, 15) is 0 Å². The van der Waals surface area contributed by atoms with Gasteiger partial charge in [-0.15, -0.1) is 0 Å². The first-order valence-corrected chi connectivity index (χ1v) is 7.08. The lowest BCUT2D eigenvalue weighted by Crippen LogP contribution is -2.12. The van der Waals surface area contributed by atoms with Crippen LogP contribution >= 0.6 is 34.8 Å². The van der Waals surface area contributed by atoms with Crippen molar-refractivity contribution in [3.8, 4) is 5.75 Å². The lowest BCUT2D eigenvalue weighted by molar-refractivity contribution is 0.434. The van der Waals surface area contributed by atoms with Crippen molar-refractivity contribution < 1.29 is 4.74 Å². The Morgan fingerprint density at radius 3 is 2.29 bits per heavy atom. The number of aliphatic imine (C=N–C) groups is 1. The van der Waals surface area contributed by atoms with Crippen molar-refractivity contribution in [2.75, 3.05) is 19.8 Å². The molecular weight excluding hydrogens is 333 g/mol. The fourth-order valence-corrected chi connectivity index (χ4v) is 2.30. The fraction of sp³-hybridized carbons (Fsp3) is 0.214. The summed E-state index contributed by atoms with van der Waals surface area (Å²) in [4.78, 5) is 5.91. The van der Waals surface area contributed by atoms with Crippen LogP contribution in [0.15, 0.2) is 40.3 Å². The smallest absolute Gasteiger partial charge is 0.164 e. The quantitative estimate of drug-likeness (QED) is 0.368. The van der Waals surface area contributed by atoms with Gasteiger partial charge in [0.2, 0.25) is 0 Å². The minimum Gasteiger partial charge on any atom is -0.453 e. The summed E-state index contributed by atoms with van der Waals surface area (Å²) in [6.07, 6.45) is 1.62. The lowest BCUT2D eigenvalue weighted by atomic mass is 10.3. The van der Waals surface area contributed by atoms with Crippen LogP contribution in [0.25, 0.3) is 0 Å². The molecule has 1 aromatic rings. The van der Waals surface area contributed by atoms with Gasteiger partial charge in [-0.3, -0.25) is 0 Å². The number of hydrogen-bond donors (Lipinski definition) is 1. The van der Waals surface area contributed by atoms with Gasteiger partial charge in [-0.2, -0.15) is 0 Å². The zero-order chi connectivity index (χ0) is 16.2. The molecule has 21 heavy (non-hydrogen) atoms. The van der Waals surface area contributed by atoms with Crippen molar-refractivity contribution in [1.29, 1.82) is 0 Å². The fourth-order valence-electron chi connectivity index (χ4n) is 1.46. The molecule has 0 spiro atoms. The summed E-state index contributed by atoms with van der Waals surface area (Å²) in [5.74, 6) is 0.931. The molecule has 114 valence electrons. The first-order chi connectivity index (χ1) is 9.77.